The maximum Gasteiger partial charge on any atom is 0.0991 e. The number of benzene rings is 1. The van der Waals surface area contributed by atoms with Gasteiger partial charge in [0.05, 0.1) is 18.2 Å². The fourth-order valence-electron chi connectivity index (χ4n) is 1.38. The number of likely N-dealkylation sites (N-methyl/N-ethyl adjacent to an activating group) is 1. The van der Waals surface area contributed by atoms with E-state index in [0.29, 0.717) is 5.56 Å². The van der Waals surface area contributed by atoms with Gasteiger partial charge in [-0.15, -0.1) is 0 Å². The van der Waals surface area contributed by atoms with E-state index in [4.69, 9.17) is 10.00 Å². The van der Waals surface area contributed by atoms with Crippen molar-refractivity contribution in [1.29, 1.82) is 5.26 Å². The highest BCUT2D eigenvalue weighted by atomic mass is 16.5. The molecular formula is C12H16N2O. The third-order valence-electron chi connectivity index (χ3n) is 2.19. The summed E-state index contributed by atoms with van der Waals surface area (Å²) in [5, 5.41) is 8.75. The second-order valence-electron chi connectivity index (χ2n) is 3.54. The summed E-state index contributed by atoms with van der Waals surface area (Å²) in [6.45, 7) is 2.47. The molecule has 1 aromatic rings. The molecule has 0 aliphatic rings. The number of nitrogens with zero attached hydrogens (tertiary/aromatic N) is 2. The van der Waals surface area contributed by atoms with Crippen LogP contribution in [0.1, 0.15) is 11.1 Å². The first-order valence-corrected chi connectivity index (χ1v) is 4.93. The van der Waals surface area contributed by atoms with Crippen LogP contribution in [0, 0.1) is 11.3 Å². The second kappa shape index (κ2) is 6.18. The molecule has 0 aliphatic heterocycles. The molecule has 0 heterocycles. The Balaban J connectivity index is 2.53. The van der Waals surface area contributed by atoms with Crippen molar-refractivity contribution in [3.63, 3.8) is 0 Å². The summed E-state index contributed by atoms with van der Waals surface area (Å²) >= 11 is 0. The third-order valence-corrected chi connectivity index (χ3v) is 2.19. The summed E-state index contributed by atoms with van der Waals surface area (Å²) in [4.78, 5) is 2.17. The van der Waals surface area contributed by atoms with Crippen LogP contribution in [0.2, 0.25) is 0 Å². The van der Waals surface area contributed by atoms with Crippen molar-refractivity contribution < 1.29 is 4.74 Å². The Morgan fingerprint density at radius 2 is 2.27 bits per heavy atom. The van der Waals surface area contributed by atoms with Crippen LogP contribution in [0.4, 0.5) is 0 Å². The molecule has 0 saturated heterocycles. The lowest BCUT2D eigenvalue weighted by atomic mass is 10.1. The summed E-state index contributed by atoms with van der Waals surface area (Å²) in [6.07, 6.45) is 0. The van der Waals surface area contributed by atoms with Crippen molar-refractivity contribution in [2.75, 3.05) is 27.3 Å². The third kappa shape index (κ3) is 4.11. The van der Waals surface area contributed by atoms with Crippen molar-refractivity contribution in [2.24, 2.45) is 0 Å². The first-order chi connectivity index (χ1) is 7.26. The van der Waals surface area contributed by atoms with Gasteiger partial charge in [0.15, 0.2) is 0 Å². The molecule has 1 aromatic carbocycles. The number of nitriles is 1. The first kappa shape index (κ1) is 11.7. The standard InChI is InChI=1S/C12H16N2O/c1-14(6-7-15-2)10-12-5-3-4-11(8-12)9-13/h3-5,8H,6-7,10H2,1-2H3. The molecular weight excluding hydrogens is 188 g/mol. The van der Waals surface area contributed by atoms with Gasteiger partial charge in [-0.05, 0) is 24.7 Å². The fourth-order valence-corrected chi connectivity index (χ4v) is 1.38. The van der Waals surface area contributed by atoms with Crippen LogP contribution in [0.25, 0.3) is 0 Å². The Hall–Kier alpha value is -1.37. The van der Waals surface area contributed by atoms with E-state index >= 15 is 0 Å². The van der Waals surface area contributed by atoms with Crippen molar-refractivity contribution in [1.82, 2.24) is 4.90 Å². The van der Waals surface area contributed by atoms with Gasteiger partial charge in [-0.1, -0.05) is 12.1 Å². The van der Waals surface area contributed by atoms with Gasteiger partial charge >= 0.3 is 0 Å². The van der Waals surface area contributed by atoms with Crippen molar-refractivity contribution in [3.8, 4) is 6.07 Å². The van der Waals surface area contributed by atoms with E-state index in [-0.39, 0.29) is 0 Å². The van der Waals surface area contributed by atoms with E-state index < -0.39 is 0 Å². The molecule has 1 rings (SSSR count). The predicted octanol–water partition coefficient (Wildman–Crippen LogP) is 1.64. The van der Waals surface area contributed by atoms with Crippen molar-refractivity contribution in [3.05, 3.63) is 35.4 Å². The van der Waals surface area contributed by atoms with Crippen LogP contribution in [-0.4, -0.2) is 32.2 Å². The SMILES string of the molecule is COCCN(C)Cc1cccc(C#N)c1. The number of hydrogen-bond acceptors (Lipinski definition) is 3. The lowest BCUT2D eigenvalue weighted by Gasteiger charge is -2.15. The van der Waals surface area contributed by atoms with Crippen LogP contribution in [0.3, 0.4) is 0 Å². The quantitative estimate of drug-likeness (QED) is 0.731. The van der Waals surface area contributed by atoms with E-state index in [0.717, 1.165) is 25.3 Å². The lowest BCUT2D eigenvalue weighted by molar-refractivity contribution is 0.158. The van der Waals surface area contributed by atoms with Gasteiger partial charge in [-0.3, -0.25) is 4.90 Å². The number of hydrogen-bond donors (Lipinski definition) is 0. The Bertz CT molecular complexity index is 344. The average molecular weight is 204 g/mol. The molecule has 0 radical (unpaired) electrons. The molecule has 0 aliphatic carbocycles. The minimum atomic E-state index is 0.715. The van der Waals surface area contributed by atoms with Gasteiger partial charge in [-0.2, -0.15) is 5.26 Å². The van der Waals surface area contributed by atoms with Gasteiger partial charge in [0.2, 0.25) is 0 Å². The van der Waals surface area contributed by atoms with Crippen LogP contribution < -0.4 is 0 Å². The van der Waals surface area contributed by atoms with E-state index in [1.54, 1.807) is 7.11 Å². The molecule has 0 spiro atoms. The molecule has 3 nitrogen and oxygen atoms in total. The van der Waals surface area contributed by atoms with Crippen LogP contribution in [-0.2, 0) is 11.3 Å². The largest absolute Gasteiger partial charge is 0.383 e. The molecule has 0 unspecified atom stereocenters. The average Bonchev–Trinajstić information content (AvgIpc) is 2.26. The number of ether oxygens (including phenoxy) is 1. The van der Waals surface area contributed by atoms with Crippen LogP contribution >= 0.6 is 0 Å². The molecule has 0 saturated carbocycles. The molecule has 0 aromatic heterocycles. The summed E-state index contributed by atoms with van der Waals surface area (Å²) in [7, 11) is 3.74. The molecule has 80 valence electrons. The van der Waals surface area contributed by atoms with Gasteiger partial charge in [-0.25, -0.2) is 0 Å². The molecule has 0 bridgehead atoms. The minimum Gasteiger partial charge on any atom is -0.383 e. The van der Waals surface area contributed by atoms with Crippen LogP contribution in [0.15, 0.2) is 24.3 Å². The fraction of sp³-hybridized carbons (Fsp3) is 0.417. The smallest absolute Gasteiger partial charge is 0.0991 e. The summed E-state index contributed by atoms with van der Waals surface area (Å²) in [5.41, 5.74) is 1.88. The zero-order chi connectivity index (χ0) is 11.1. The Labute approximate surface area is 90.9 Å². The highest BCUT2D eigenvalue weighted by Gasteiger charge is 2.00. The molecule has 0 fully saturated rings. The highest BCUT2D eigenvalue weighted by Crippen LogP contribution is 2.06. The van der Waals surface area contributed by atoms with E-state index in [1.165, 1.54) is 0 Å². The second-order valence-corrected chi connectivity index (χ2v) is 3.54. The van der Waals surface area contributed by atoms with Crippen molar-refractivity contribution in [2.45, 2.75) is 6.54 Å². The molecule has 0 amide bonds. The molecule has 3 heteroatoms. The van der Waals surface area contributed by atoms with Crippen LogP contribution in [0.5, 0.6) is 0 Å². The first-order valence-electron chi connectivity index (χ1n) is 4.93. The van der Waals surface area contributed by atoms with Gasteiger partial charge in [0.1, 0.15) is 0 Å². The van der Waals surface area contributed by atoms with Crippen molar-refractivity contribution >= 4 is 0 Å². The molecule has 0 atom stereocenters. The minimum absolute atomic E-state index is 0.715. The van der Waals surface area contributed by atoms with E-state index in [1.807, 2.05) is 31.3 Å². The Morgan fingerprint density at radius 1 is 1.47 bits per heavy atom. The number of methoxy groups -OCH3 is 1. The maximum absolute atomic E-state index is 8.75. The number of rotatable bonds is 5. The Morgan fingerprint density at radius 3 is 2.93 bits per heavy atom. The lowest BCUT2D eigenvalue weighted by Crippen LogP contribution is -2.22. The topological polar surface area (TPSA) is 36.3 Å². The van der Waals surface area contributed by atoms with E-state index in [9.17, 15) is 0 Å². The summed E-state index contributed by atoms with van der Waals surface area (Å²) in [6, 6.07) is 9.83. The maximum atomic E-state index is 8.75. The van der Waals surface area contributed by atoms with Gasteiger partial charge in [0.25, 0.3) is 0 Å². The molecule has 0 N–H and O–H groups in total. The zero-order valence-corrected chi connectivity index (χ0v) is 9.23. The summed E-state index contributed by atoms with van der Waals surface area (Å²) < 4.78 is 5.00. The van der Waals surface area contributed by atoms with E-state index in [2.05, 4.69) is 11.0 Å². The Kier molecular flexibility index (Phi) is 4.82. The highest BCUT2D eigenvalue weighted by molar-refractivity contribution is 5.32. The monoisotopic (exact) mass is 204 g/mol. The predicted molar refractivity (Wildman–Crippen MR) is 59.4 cm³/mol. The van der Waals surface area contributed by atoms with Gasteiger partial charge < -0.3 is 4.74 Å². The summed E-state index contributed by atoms with van der Waals surface area (Å²) in [5.74, 6) is 0. The molecule has 15 heavy (non-hydrogen) atoms. The zero-order valence-electron chi connectivity index (χ0n) is 9.23. The normalized spacial score (nSPS) is 10.3. The van der Waals surface area contributed by atoms with Gasteiger partial charge in [0, 0.05) is 20.2 Å².